The summed E-state index contributed by atoms with van der Waals surface area (Å²) in [6.45, 7) is 2.12. The summed E-state index contributed by atoms with van der Waals surface area (Å²) in [5.74, 6) is 0.801. The van der Waals surface area contributed by atoms with Gasteiger partial charge in [-0.05, 0) is 44.9 Å². The summed E-state index contributed by atoms with van der Waals surface area (Å²) in [4.78, 5) is 0. The standard InChI is InChI=1S/C8H16N/c1-7(9)8-5-3-2-4-6-8/h2,7-8H,3-6,9H2,1H3. The van der Waals surface area contributed by atoms with Crippen LogP contribution in [0, 0.1) is 12.3 Å². The van der Waals surface area contributed by atoms with Crippen LogP contribution in [0.25, 0.3) is 0 Å². The number of hydrogen-bond acceptors (Lipinski definition) is 1. The molecule has 0 aliphatic heterocycles. The molecule has 0 aromatic rings. The molecule has 1 unspecified atom stereocenters. The zero-order chi connectivity index (χ0) is 6.69. The van der Waals surface area contributed by atoms with E-state index in [2.05, 4.69) is 13.3 Å². The molecule has 0 heterocycles. The molecule has 1 nitrogen and oxygen atoms in total. The van der Waals surface area contributed by atoms with Crippen molar-refractivity contribution in [1.29, 1.82) is 0 Å². The van der Waals surface area contributed by atoms with Crippen LogP contribution in [0.3, 0.4) is 0 Å². The van der Waals surface area contributed by atoms with Gasteiger partial charge >= 0.3 is 0 Å². The zero-order valence-electron chi connectivity index (χ0n) is 6.14. The Balaban J connectivity index is 2.23. The highest BCUT2D eigenvalue weighted by Crippen LogP contribution is 2.24. The van der Waals surface area contributed by atoms with Crippen molar-refractivity contribution in [2.24, 2.45) is 11.7 Å². The van der Waals surface area contributed by atoms with Gasteiger partial charge in [0, 0.05) is 6.04 Å². The molecule has 1 radical (unpaired) electrons. The maximum absolute atomic E-state index is 5.75. The minimum Gasteiger partial charge on any atom is -0.328 e. The lowest BCUT2D eigenvalue weighted by Crippen LogP contribution is -2.28. The molecule has 2 N–H and O–H groups in total. The topological polar surface area (TPSA) is 26.0 Å². The summed E-state index contributed by atoms with van der Waals surface area (Å²) < 4.78 is 0. The minimum absolute atomic E-state index is 0.415. The Morgan fingerprint density at radius 2 is 2.00 bits per heavy atom. The molecule has 0 amide bonds. The molecular formula is C8H16N. The molecular weight excluding hydrogens is 110 g/mol. The Morgan fingerprint density at radius 1 is 1.44 bits per heavy atom. The molecule has 1 atom stereocenters. The number of rotatable bonds is 1. The summed E-state index contributed by atoms with van der Waals surface area (Å²) in [6, 6.07) is 0.415. The van der Waals surface area contributed by atoms with Gasteiger partial charge in [-0.1, -0.05) is 0 Å². The second-order valence-corrected chi connectivity index (χ2v) is 3.06. The first kappa shape index (κ1) is 7.07. The predicted octanol–water partition coefficient (Wildman–Crippen LogP) is 1.73. The van der Waals surface area contributed by atoms with E-state index >= 15 is 0 Å². The monoisotopic (exact) mass is 126 g/mol. The third kappa shape index (κ3) is 1.98. The van der Waals surface area contributed by atoms with Crippen molar-refractivity contribution >= 4 is 0 Å². The summed E-state index contributed by atoms with van der Waals surface area (Å²) in [7, 11) is 0. The van der Waals surface area contributed by atoms with E-state index in [1.807, 2.05) is 0 Å². The van der Waals surface area contributed by atoms with Crippen molar-refractivity contribution < 1.29 is 0 Å². The molecule has 1 heteroatoms. The lowest BCUT2D eigenvalue weighted by Gasteiger charge is -2.24. The SMILES string of the molecule is CC(N)C1CC[CH]CC1. The van der Waals surface area contributed by atoms with Crippen LogP contribution in [0.5, 0.6) is 0 Å². The fraction of sp³-hybridized carbons (Fsp3) is 0.875. The van der Waals surface area contributed by atoms with E-state index in [4.69, 9.17) is 5.73 Å². The lowest BCUT2D eigenvalue weighted by molar-refractivity contribution is 0.352. The zero-order valence-corrected chi connectivity index (χ0v) is 6.14. The van der Waals surface area contributed by atoms with Gasteiger partial charge < -0.3 is 5.73 Å². The van der Waals surface area contributed by atoms with Gasteiger partial charge in [0.1, 0.15) is 0 Å². The van der Waals surface area contributed by atoms with Crippen LogP contribution >= 0.6 is 0 Å². The van der Waals surface area contributed by atoms with Crippen LogP contribution in [-0.4, -0.2) is 6.04 Å². The van der Waals surface area contributed by atoms with Crippen molar-refractivity contribution in [2.45, 2.75) is 38.6 Å². The van der Waals surface area contributed by atoms with Crippen LogP contribution in [-0.2, 0) is 0 Å². The molecule has 1 aliphatic rings. The molecule has 0 bridgehead atoms. The smallest absolute Gasteiger partial charge is 0.00387 e. The molecule has 1 fully saturated rings. The molecule has 1 saturated carbocycles. The van der Waals surface area contributed by atoms with Crippen LogP contribution < -0.4 is 5.73 Å². The number of nitrogens with two attached hydrogens (primary N) is 1. The van der Waals surface area contributed by atoms with Crippen LogP contribution in [0.1, 0.15) is 32.6 Å². The highest BCUT2D eigenvalue weighted by Gasteiger charge is 2.16. The fourth-order valence-electron chi connectivity index (χ4n) is 1.48. The van der Waals surface area contributed by atoms with E-state index in [-0.39, 0.29) is 0 Å². The quantitative estimate of drug-likeness (QED) is 0.569. The first-order valence-corrected chi connectivity index (χ1v) is 3.88. The van der Waals surface area contributed by atoms with E-state index in [9.17, 15) is 0 Å². The molecule has 0 saturated heterocycles. The van der Waals surface area contributed by atoms with Gasteiger partial charge in [0.15, 0.2) is 0 Å². The fourth-order valence-corrected chi connectivity index (χ4v) is 1.48. The first-order valence-electron chi connectivity index (χ1n) is 3.88. The van der Waals surface area contributed by atoms with Gasteiger partial charge in [-0.2, -0.15) is 0 Å². The van der Waals surface area contributed by atoms with Crippen molar-refractivity contribution in [3.05, 3.63) is 6.42 Å². The second kappa shape index (κ2) is 3.21. The van der Waals surface area contributed by atoms with Gasteiger partial charge in [0.2, 0.25) is 0 Å². The molecule has 0 aromatic carbocycles. The molecule has 1 aliphatic carbocycles. The summed E-state index contributed by atoms with van der Waals surface area (Å²) in [5.41, 5.74) is 5.75. The molecule has 9 heavy (non-hydrogen) atoms. The average Bonchev–Trinajstić information content (AvgIpc) is 1.90. The molecule has 0 aromatic heterocycles. The average molecular weight is 126 g/mol. The lowest BCUT2D eigenvalue weighted by atomic mass is 9.85. The maximum atomic E-state index is 5.75. The molecule has 0 spiro atoms. The normalized spacial score (nSPS) is 26.0. The summed E-state index contributed by atoms with van der Waals surface area (Å²) in [5, 5.41) is 0. The second-order valence-electron chi connectivity index (χ2n) is 3.06. The van der Waals surface area contributed by atoms with Gasteiger partial charge in [-0.25, -0.2) is 0 Å². The molecule has 53 valence electrons. The van der Waals surface area contributed by atoms with Crippen LogP contribution in [0.15, 0.2) is 0 Å². The minimum atomic E-state index is 0.415. The Hall–Kier alpha value is -0.0400. The van der Waals surface area contributed by atoms with Gasteiger partial charge in [-0.15, -0.1) is 0 Å². The Labute approximate surface area is 57.6 Å². The summed E-state index contributed by atoms with van der Waals surface area (Å²) in [6.07, 6.45) is 7.58. The third-order valence-corrected chi connectivity index (χ3v) is 2.23. The van der Waals surface area contributed by atoms with Crippen LogP contribution in [0.4, 0.5) is 0 Å². The molecule has 1 rings (SSSR count). The van der Waals surface area contributed by atoms with E-state index in [0.717, 1.165) is 5.92 Å². The van der Waals surface area contributed by atoms with Crippen molar-refractivity contribution in [3.8, 4) is 0 Å². The van der Waals surface area contributed by atoms with E-state index in [1.54, 1.807) is 0 Å². The highest BCUT2D eigenvalue weighted by molar-refractivity contribution is 4.80. The largest absolute Gasteiger partial charge is 0.328 e. The van der Waals surface area contributed by atoms with Gasteiger partial charge in [0.25, 0.3) is 0 Å². The van der Waals surface area contributed by atoms with Crippen molar-refractivity contribution in [2.75, 3.05) is 0 Å². The maximum Gasteiger partial charge on any atom is 0.00387 e. The van der Waals surface area contributed by atoms with E-state index in [0.29, 0.717) is 6.04 Å². The van der Waals surface area contributed by atoms with Crippen molar-refractivity contribution in [3.63, 3.8) is 0 Å². The van der Waals surface area contributed by atoms with E-state index in [1.165, 1.54) is 25.7 Å². The Morgan fingerprint density at radius 3 is 2.33 bits per heavy atom. The van der Waals surface area contributed by atoms with Gasteiger partial charge in [0.05, 0.1) is 0 Å². The van der Waals surface area contributed by atoms with Gasteiger partial charge in [-0.3, -0.25) is 0 Å². The Kier molecular flexibility index (Phi) is 2.52. The Bertz CT molecular complexity index is 72.6. The predicted molar refractivity (Wildman–Crippen MR) is 39.9 cm³/mol. The third-order valence-electron chi connectivity index (χ3n) is 2.23. The highest BCUT2D eigenvalue weighted by atomic mass is 14.6. The van der Waals surface area contributed by atoms with Crippen molar-refractivity contribution in [1.82, 2.24) is 0 Å². The number of hydrogen-bond donors (Lipinski definition) is 1. The van der Waals surface area contributed by atoms with Crippen LogP contribution in [0.2, 0.25) is 0 Å². The van der Waals surface area contributed by atoms with E-state index < -0.39 is 0 Å². The first-order chi connectivity index (χ1) is 4.30. The summed E-state index contributed by atoms with van der Waals surface area (Å²) >= 11 is 0.